The van der Waals surface area contributed by atoms with Crippen LogP contribution >= 0.6 is 23.9 Å². The van der Waals surface area contributed by atoms with Crippen molar-refractivity contribution in [3.8, 4) is 0 Å². The molecule has 1 rings (SSSR count). The van der Waals surface area contributed by atoms with Gasteiger partial charge in [-0.25, -0.2) is 0 Å². The van der Waals surface area contributed by atoms with E-state index in [0.29, 0.717) is 0 Å². The van der Waals surface area contributed by atoms with Crippen molar-refractivity contribution in [2.45, 2.75) is 0 Å². The van der Waals surface area contributed by atoms with E-state index in [1.54, 1.807) is 0 Å². The van der Waals surface area contributed by atoms with Gasteiger partial charge in [-0.15, -0.1) is 0 Å². The fourth-order valence-corrected chi connectivity index (χ4v) is 2.43. The molecule has 0 bridgehead atoms. The lowest BCUT2D eigenvalue weighted by Crippen LogP contribution is -2.06. The molecule has 0 unspecified atom stereocenters. The van der Waals surface area contributed by atoms with Crippen molar-refractivity contribution in [2.24, 2.45) is 0 Å². The van der Waals surface area contributed by atoms with Gasteiger partial charge in [0.2, 0.25) is 0 Å². The molecule has 1 nitrogen and oxygen atoms in total. The van der Waals surface area contributed by atoms with Gasteiger partial charge in [0.25, 0.3) is 0 Å². The summed E-state index contributed by atoms with van der Waals surface area (Å²) in [5.41, 5.74) is 6.69. The fraction of sp³-hybridized carbons (Fsp3) is 0.250. The highest BCUT2D eigenvalue weighted by Crippen LogP contribution is 2.28. The van der Waals surface area contributed by atoms with Crippen molar-refractivity contribution in [3.05, 3.63) is 22.7 Å². The van der Waals surface area contributed by atoms with Gasteiger partial charge in [0.15, 0.2) is 0 Å². The molecule has 0 atom stereocenters. The lowest BCUT2D eigenvalue weighted by atomic mass is 10.3. The van der Waals surface area contributed by atoms with Gasteiger partial charge < -0.3 is 5.73 Å². The van der Waals surface area contributed by atoms with Crippen molar-refractivity contribution in [3.63, 3.8) is 0 Å². The first-order valence-electron chi connectivity index (χ1n) is 3.33. The number of hydrogen-bond acceptors (Lipinski definition) is 1. The maximum atomic E-state index is 5.79. The molecule has 0 aromatic heterocycles. The minimum absolute atomic E-state index is 0.0876. The van der Waals surface area contributed by atoms with E-state index in [1.807, 2.05) is 12.1 Å². The molecule has 2 N–H and O–H groups in total. The Morgan fingerprint density at radius 3 is 2.45 bits per heavy atom. The average Bonchev–Trinajstić information content (AvgIpc) is 1.94. The lowest BCUT2D eigenvalue weighted by molar-refractivity contribution is 1.68. The van der Waals surface area contributed by atoms with E-state index >= 15 is 0 Å². The van der Waals surface area contributed by atoms with Crippen LogP contribution in [0.5, 0.6) is 0 Å². The number of halogens is 1. The van der Waals surface area contributed by atoms with Gasteiger partial charge in [0.05, 0.1) is 0 Å². The molecule has 0 heterocycles. The van der Waals surface area contributed by atoms with Gasteiger partial charge in [0.1, 0.15) is 0 Å². The van der Waals surface area contributed by atoms with Gasteiger partial charge in [-0.2, -0.15) is 0 Å². The average molecular weight is 232 g/mol. The Morgan fingerprint density at radius 2 is 2.00 bits per heavy atom. The largest absolute Gasteiger partial charge is 0.398 e. The van der Waals surface area contributed by atoms with Crippen LogP contribution in [0.25, 0.3) is 0 Å². The Kier molecular flexibility index (Phi) is 2.91. The summed E-state index contributed by atoms with van der Waals surface area (Å²) in [5.74, 6) is 0. The van der Waals surface area contributed by atoms with Gasteiger partial charge in [-0.05, 0) is 36.8 Å². The first-order valence-corrected chi connectivity index (χ1v) is 6.36. The molecule has 0 radical (unpaired) electrons. The molecule has 3 heteroatoms. The molecule has 0 saturated carbocycles. The van der Waals surface area contributed by atoms with E-state index in [4.69, 9.17) is 5.73 Å². The Labute approximate surface area is 76.9 Å². The molecule has 0 fully saturated rings. The van der Waals surface area contributed by atoms with Crippen LogP contribution < -0.4 is 11.0 Å². The molecule has 0 spiro atoms. The molecular formula is C8H11BrNP. The SMILES string of the molecule is CP(C)c1cc(Br)ccc1N. The minimum Gasteiger partial charge on any atom is -0.398 e. The second-order valence-corrected chi connectivity index (χ2v) is 5.78. The Bertz CT molecular complexity index is 260. The molecule has 1 aromatic rings. The number of hydrogen-bond donors (Lipinski definition) is 1. The number of benzene rings is 1. The summed E-state index contributed by atoms with van der Waals surface area (Å²) in [6, 6.07) is 6.01. The summed E-state index contributed by atoms with van der Waals surface area (Å²) in [5, 5.41) is 1.27. The van der Waals surface area contributed by atoms with E-state index in [2.05, 4.69) is 35.3 Å². The second kappa shape index (κ2) is 3.55. The summed E-state index contributed by atoms with van der Waals surface area (Å²) in [6.45, 7) is 4.40. The zero-order valence-corrected chi connectivity index (χ0v) is 9.12. The van der Waals surface area contributed by atoms with Crippen LogP contribution in [0.3, 0.4) is 0 Å². The van der Waals surface area contributed by atoms with Crippen molar-refractivity contribution in [2.75, 3.05) is 19.1 Å². The number of anilines is 1. The monoisotopic (exact) mass is 231 g/mol. The zero-order chi connectivity index (χ0) is 8.43. The van der Waals surface area contributed by atoms with E-state index in [1.165, 1.54) is 5.30 Å². The predicted octanol–water partition coefficient (Wildman–Crippen LogP) is 2.40. The lowest BCUT2D eigenvalue weighted by Gasteiger charge is -2.09. The van der Waals surface area contributed by atoms with Crippen molar-refractivity contribution in [1.82, 2.24) is 0 Å². The van der Waals surface area contributed by atoms with Crippen LogP contribution in [0.4, 0.5) is 5.69 Å². The fourth-order valence-electron chi connectivity index (χ4n) is 0.904. The molecule has 0 saturated heterocycles. The summed E-state index contributed by atoms with van der Waals surface area (Å²) < 4.78 is 1.11. The predicted molar refractivity (Wildman–Crippen MR) is 57.0 cm³/mol. The highest BCUT2D eigenvalue weighted by atomic mass is 79.9. The van der Waals surface area contributed by atoms with Crippen molar-refractivity contribution >= 4 is 34.8 Å². The molecule has 0 aliphatic carbocycles. The summed E-state index contributed by atoms with van der Waals surface area (Å²) in [4.78, 5) is 0. The number of rotatable bonds is 1. The highest BCUT2D eigenvalue weighted by Gasteiger charge is 2.02. The standard InChI is InChI=1S/C8H11BrNP/c1-11(2)8-5-6(9)3-4-7(8)10/h3-5H,10H2,1-2H3. The maximum Gasteiger partial charge on any atom is 0.0392 e. The minimum atomic E-state index is -0.0876. The second-order valence-electron chi connectivity index (χ2n) is 2.60. The Hall–Kier alpha value is -0.0700. The van der Waals surface area contributed by atoms with Gasteiger partial charge >= 0.3 is 0 Å². The van der Waals surface area contributed by atoms with E-state index in [-0.39, 0.29) is 7.92 Å². The molecule has 0 amide bonds. The molecule has 0 aliphatic heterocycles. The van der Waals surface area contributed by atoms with Crippen LogP contribution in [0, 0.1) is 0 Å². The van der Waals surface area contributed by atoms with Crippen molar-refractivity contribution in [1.29, 1.82) is 0 Å². The third kappa shape index (κ3) is 2.18. The molecule has 0 aliphatic rings. The van der Waals surface area contributed by atoms with Crippen LogP contribution in [0.2, 0.25) is 0 Å². The quantitative estimate of drug-likeness (QED) is 0.583. The van der Waals surface area contributed by atoms with Crippen molar-refractivity contribution < 1.29 is 0 Å². The number of nitrogen functional groups attached to an aromatic ring is 1. The number of nitrogens with two attached hydrogens (primary N) is 1. The van der Waals surface area contributed by atoms with E-state index in [9.17, 15) is 0 Å². The Balaban J connectivity index is 3.13. The third-order valence-electron chi connectivity index (χ3n) is 1.47. The van der Waals surface area contributed by atoms with E-state index < -0.39 is 0 Å². The van der Waals surface area contributed by atoms with Crippen LogP contribution in [-0.4, -0.2) is 13.3 Å². The van der Waals surface area contributed by atoms with Crippen LogP contribution in [0.15, 0.2) is 22.7 Å². The third-order valence-corrected chi connectivity index (χ3v) is 3.32. The van der Waals surface area contributed by atoms with Gasteiger partial charge in [0, 0.05) is 10.2 Å². The normalized spacial score (nSPS) is 10.5. The zero-order valence-electron chi connectivity index (χ0n) is 6.63. The van der Waals surface area contributed by atoms with E-state index in [0.717, 1.165) is 10.2 Å². The smallest absolute Gasteiger partial charge is 0.0392 e. The first-order chi connectivity index (χ1) is 5.11. The van der Waals surface area contributed by atoms with Crippen LogP contribution in [-0.2, 0) is 0 Å². The van der Waals surface area contributed by atoms with Gasteiger partial charge in [-0.3, -0.25) is 0 Å². The Morgan fingerprint density at radius 1 is 1.36 bits per heavy atom. The summed E-state index contributed by atoms with van der Waals surface area (Å²) >= 11 is 3.42. The van der Waals surface area contributed by atoms with Crippen LogP contribution in [0.1, 0.15) is 0 Å². The molecule has 1 aromatic carbocycles. The summed E-state index contributed by atoms with van der Waals surface area (Å²) in [6.07, 6.45) is 0. The van der Waals surface area contributed by atoms with Gasteiger partial charge in [-0.1, -0.05) is 23.9 Å². The summed E-state index contributed by atoms with van der Waals surface area (Å²) in [7, 11) is -0.0876. The maximum absolute atomic E-state index is 5.79. The first kappa shape index (κ1) is 9.02. The molecule has 11 heavy (non-hydrogen) atoms. The molecular weight excluding hydrogens is 221 g/mol. The highest BCUT2D eigenvalue weighted by molar-refractivity contribution is 9.10. The topological polar surface area (TPSA) is 26.0 Å². The molecule has 60 valence electrons.